The van der Waals surface area contributed by atoms with Gasteiger partial charge in [-0.3, -0.25) is 0 Å². The Kier molecular flexibility index (Phi) is 4.55. The van der Waals surface area contributed by atoms with Crippen molar-refractivity contribution in [2.24, 2.45) is 11.7 Å². The van der Waals surface area contributed by atoms with Crippen LogP contribution in [-0.4, -0.2) is 6.04 Å². The normalized spacial score (nSPS) is 13.2. The molecule has 0 aliphatic carbocycles. The third-order valence-corrected chi connectivity index (χ3v) is 2.93. The van der Waals surface area contributed by atoms with E-state index in [-0.39, 0.29) is 16.9 Å². The van der Waals surface area contributed by atoms with Crippen molar-refractivity contribution in [3.63, 3.8) is 0 Å². The Balaban J connectivity index is 2.62. The Hall–Kier alpha value is -0.600. The maximum Gasteiger partial charge on any atom is 0.144 e. The summed E-state index contributed by atoms with van der Waals surface area (Å²) in [5.41, 5.74) is 6.55. The van der Waals surface area contributed by atoms with Crippen LogP contribution in [0.25, 0.3) is 0 Å². The van der Waals surface area contributed by atoms with Gasteiger partial charge >= 0.3 is 0 Å². The van der Waals surface area contributed by atoms with Crippen LogP contribution in [0, 0.1) is 11.7 Å². The molecule has 0 heterocycles. The second kappa shape index (κ2) is 5.47. The van der Waals surface area contributed by atoms with Crippen molar-refractivity contribution in [2.75, 3.05) is 0 Å². The average molecular weight is 230 g/mol. The number of benzene rings is 1. The Morgan fingerprint density at radius 2 is 2.07 bits per heavy atom. The molecule has 0 fully saturated rings. The first kappa shape index (κ1) is 12.5. The predicted molar refractivity (Wildman–Crippen MR) is 62.5 cm³/mol. The fraction of sp³-hybridized carbons (Fsp3) is 0.500. The van der Waals surface area contributed by atoms with Crippen molar-refractivity contribution in [3.8, 4) is 0 Å². The van der Waals surface area contributed by atoms with Gasteiger partial charge < -0.3 is 5.73 Å². The van der Waals surface area contributed by atoms with Crippen molar-refractivity contribution in [3.05, 3.63) is 34.6 Å². The van der Waals surface area contributed by atoms with Gasteiger partial charge in [0.2, 0.25) is 0 Å². The summed E-state index contributed by atoms with van der Waals surface area (Å²) in [6, 6.07) is 5.20. The van der Waals surface area contributed by atoms with Crippen molar-refractivity contribution in [1.82, 2.24) is 0 Å². The monoisotopic (exact) mass is 229 g/mol. The van der Waals surface area contributed by atoms with Crippen LogP contribution in [0.3, 0.4) is 0 Å². The molecular formula is C12H17ClFN. The molecule has 0 bridgehead atoms. The minimum Gasteiger partial charge on any atom is -0.327 e. The van der Waals surface area contributed by atoms with E-state index >= 15 is 0 Å². The molecule has 0 aliphatic heterocycles. The van der Waals surface area contributed by atoms with Crippen LogP contribution in [0.4, 0.5) is 4.39 Å². The molecule has 1 rings (SSSR count). The molecule has 1 atom stereocenters. The van der Waals surface area contributed by atoms with E-state index in [2.05, 4.69) is 13.8 Å². The van der Waals surface area contributed by atoms with E-state index in [1.54, 1.807) is 18.2 Å². The van der Waals surface area contributed by atoms with Gasteiger partial charge in [-0.2, -0.15) is 0 Å². The van der Waals surface area contributed by atoms with Crippen molar-refractivity contribution >= 4 is 11.6 Å². The second-order valence-corrected chi connectivity index (χ2v) is 4.57. The van der Waals surface area contributed by atoms with Gasteiger partial charge in [0, 0.05) is 6.04 Å². The summed E-state index contributed by atoms with van der Waals surface area (Å²) < 4.78 is 13.5. The molecule has 0 aliphatic rings. The summed E-state index contributed by atoms with van der Waals surface area (Å²) in [5, 5.41) is 0.186. The number of aryl methyl sites for hydroxylation is 1. The zero-order chi connectivity index (χ0) is 11.4. The zero-order valence-electron chi connectivity index (χ0n) is 9.13. The van der Waals surface area contributed by atoms with E-state index < -0.39 is 0 Å². The van der Waals surface area contributed by atoms with Crippen LogP contribution in [0.15, 0.2) is 18.2 Å². The molecule has 0 amide bonds. The largest absolute Gasteiger partial charge is 0.327 e. The number of halogens is 2. The quantitative estimate of drug-likeness (QED) is 0.842. The summed E-state index contributed by atoms with van der Waals surface area (Å²) in [6.07, 6.45) is 1.43. The first-order valence-corrected chi connectivity index (χ1v) is 5.58. The zero-order valence-corrected chi connectivity index (χ0v) is 9.89. The molecular weight excluding hydrogens is 213 g/mol. The van der Waals surface area contributed by atoms with Gasteiger partial charge in [-0.1, -0.05) is 37.6 Å². The molecule has 15 heavy (non-hydrogen) atoms. The molecule has 0 saturated carbocycles. The Bertz CT molecular complexity index is 325. The fourth-order valence-electron chi connectivity index (χ4n) is 1.40. The highest BCUT2D eigenvalue weighted by Gasteiger charge is 2.10. The minimum absolute atomic E-state index is 0.114. The van der Waals surface area contributed by atoms with Crippen LogP contribution >= 0.6 is 11.6 Å². The molecule has 1 aromatic carbocycles. The van der Waals surface area contributed by atoms with Crippen LogP contribution < -0.4 is 5.73 Å². The molecule has 3 heteroatoms. The van der Waals surface area contributed by atoms with Crippen LogP contribution in [0.5, 0.6) is 0 Å². The van der Waals surface area contributed by atoms with Crippen molar-refractivity contribution in [2.45, 2.75) is 32.7 Å². The van der Waals surface area contributed by atoms with Gasteiger partial charge in [0.15, 0.2) is 0 Å². The first-order chi connectivity index (χ1) is 7.02. The molecule has 1 unspecified atom stereocenters. The summed E-state index contributed by atoms with van der Waals surface area (Å²) in [4.78, 5) is 0. The lowest BCUT2D eigenvalue weighted by Crippen LogP contribution is -2.26. The maximum absolute atomic E-state index is 13.5. The van der Waals surface area contributed by atoms with Crippen LogP contribution in [0.1, 0.15) is 25.8 Å². The fourth-order valence-corrected chi connectivity index (χ4v) is 1.59. The number of rotatable bonds is 4. The predicted octanol–water partition coefficient (Wildman–Crippen LogP) is 3.40. The van der Waals surface area contributed by atoms with Gasteiger partial charge in [-0.05, 0) is 30.4 Å². The average Bonchev–Trinajstić information content (AvgIpc) is 2.19. The standard InChI is InChI=1S/C12H17ClFN/c1-8(2)11(15)7-6-9-4-3-5-10(13)12(9)14/h3-5,8,11H,6-7,15H2,1-2H3. The Morgan fingerprint density at radius 1 is 1.40 bits per heavy atom. The Labute approximate surface area is 95.4 Å². The van der Waals surface area contributed by atoms with E-state index in [1.165, 1.54) is 0 Å². The lowest BCUT2D eigenvalue weighted by atomic mass is 9.97. The Morgan fingerprint density at radius 3 is 2.67 bits per heavy atom. The summed E-state index contributed by atoms with van der Waals surface area (Å²) in [7, 11) is 0. The van der Waals surface area contributed by atoms with Crippen molar-refractivity contribution in [1.29, 1.82) is 0 Å². The van der Waals surface area contributed by atoms with Gasteiger partial charge in [-0.25, -0.2) is 4.39 Å². The minimum atomic E-state index is -0.310. The van der Waals surface area contributed by atoms with E-state index in [1.807, 2.05) is 0 Å². The molecule has 0 radical (unpaired) electrons. The van der Waals surface area contributed by atoms with Crippen molar-refractivity contribution < 1.29 is 4.39 Å². The SMILES string of the molecule is CC(C)C(N)CCc1cccc(Cl)c1F. The molecule has 0 spiro atoms. The highest BCUT2D eigenvalue weighted by molar-refractivity contribution is 6.30. The molecule has 0 aromatic heterocycles. The topological polar surface area (TPSA) is 26.0 Å². The maximum atomic E-state index is 13.5. The van der Waals surface area contributed by atoms with E-state index in [0.29, 0.717) is 17.9 Å². The molecule has 84 valence electrons. The van der Waals surface area contributed by atoms with E-state index in [9.17, 15) is 4.39 Å². The third kappa shape index (κ3) is 3.47. The molecule has 1 aromatic rings. The number of hydrogen-bond donors (Lipinski definition) is 1. The molecule has 1 nitrogen and oxygen atoms in total. The smallest absolute Gasteiger partial charge is 0.144 e. The lowest BCUT2D eigenvalue weighted by Gasteiger charge is -2.15. The van der Waals surface area contributed by atoms with Gasteiger partial charge in [0.25, 0.3) is 0 Å². The highest BCUT2D eigenvalue weighted by Crippen LogP contribution is 2.19. The van der Waals surface area contributed by atoms with Crippen LogP contribution in [-0.2, 0) is 6.42 Å². The van der Waals surface area contributed by atoms with Gasteiger partial charge in [-0.15, -0.1) is 0 Å². The summed E-state index contributed by atoms with van der Waals surface area (Å²) >= 11 is 5.69. The van der Waals surface area contributed by atoms with E-state index in [4.69, 9.17) is 17.3 Å². The first-order valence-electron chi connectivity index (χ1n) is 5.21. The molecule has 2 N–H and O–H groups in total. The number of hydrogen-bond acceptors (Lipinski definition) is 1. The highest BCUT2D eigenvalue weighted by atomic mass is 35.5. The molecule has 0 saturated heterocycles. The van der Waals surface area contributed by atoms with Gasteiger partial charge in [0.05, 0.1) is 5.02 Å². The van der Waals surface area contributed by atoms with Gasteiger partial charge in [0.1, 0.15) is 5.82 Å². The van der Waals surface area contributed by atoms with E-state index in [0.717, 1.165) is 6.42 Å². The summed E-state index contributed by atoms with van der Waals surface area (Å²) in [5.74, 6) is 0.113. The third-order valence-electron chi connectivity index (χ3n) is 2.63. The number of nitrogens with two attached hydrogens (primary N) is 1. The van der Waals surface area contributed by atoms with Crippen LogP contribution in [0.2, 0.25) is 5.02 Å². The lowest BCUT2D eigenvalue weighted by molar-refractivity contribution is 0.460. The second-order valence-electron chi connectivity index (χ2n) is 4.16. The summed E-state index contributed by atoms with van der Waals surface area (Å²) in [6.45, 7) is 4.14.